The molecule has 0 saturated carbocycles. The molecule has 1 atom stereocenters. The topological polar surface area (TPSA) is 46.1 Å². The molecule has 1 aromatic heterocycles. The van der Waals surface area contributed by atoms with Crippen molar-refractivity contribution in [2.45, 2.75) is 39.2 Å². The van der Waals surface area contributed by atoms with Gasteiger partial charge in [-0.3, -0.25) is 14.9 Å². The SMILES string of the molecule is Cc1ccc(C)n1NC(=O)[C@H]1CCCCN1. The Morgan fingerprint density at radius 3 is 2.62 bits per heavy atom. The van der Waals surface area contributed by atoms with Gasteiger partial charge in [0, 0.05) is 11.4 Å². The molecule has 1 aliphatic heterocycles. The van der Waals surface area contributed by atoms with Crippen molar-refractivity contribution in [1.29, 1.82) is 0 Å². The predicted octanol–water partition coefficient (Wildman–Crippen LogP) is 1.32. The molecule has 0 unspecified atom stereocenters. The maximum Gasteiger partial charge on any atom is 0.255 e. The van der Waals surface area contributed by atoms with Crippen LogP contribution in [0.15, 0.2) is 12.1 Å². The second-order valence-electron chi connectivity index (χ2n) is 4.43. The number of aryl methyl sites for hydroxylation is 2. The van der Waals surface area contributed by atoms with Crippen molar-refractivity contribution in [2.24, 2.45) is 0 Å². The van der Waals surface area contributed by atoms with Crippen molar-refractivity contribution in [3.05, 3.63) is 23.5 Å². The molecule has 0 aromatic carbocycles. The lowest BCUT2D eigenvalue weighted by Crippen LogP contribution is -2.45. The number of aromatic nitrogens is 1. The molecule has 1 aromatic rings. The molecule has 1 aliphatic rings. The number of piperidine rings is 1. The van der Waals surface area contributed by atoms with Crippen LogP contribution >= 0.6 is 0 Å². The fourth-order valence-corrected chi connectivity index (χ4v) is 2.11. The summed E-state index contributed by atoms with van der Waals surface area (Å²) in [5, 5.41) is 3.24. The molecule has 88 valence electrons. The van der Waals surface area contributed by atoms with Gasteiger partial charge in [-0.2, -0.15) is 0 Å². The van der Waals surface area contributed by atoms with Gasteiger partial charge < -0.3 is 5.32 Å². The zero-order valence-electron chi connectivity index (χ0n) is 9.92. The summed E-state index contributed by atoms with van der Waals surface area (Å²) in [5.74, 6) is 0.0714. The predicted molar refractivity (Wildman–Crippen MR) is 63.9 cm³/mol. The molecular weight excluding hydrogens is 202 g/mol. The number of nitrogens with one attached hydrogen (secondary N) is 2. The quantitative estimate of drug-likeness (QED) is 0.791. The van der Waals surface area contributed by atoms with Gasteiger partial charge >= 0.3 is 0 Å². The molecule has 2 heterocycles. The maximum atomic E-state index is 12.0. The first-order valence-corrected chi connectivity index (χ1v) is 5.87. The van der Waals surface area contributed by atoms with Gasteiger partial charge in [0.2, 0.25) is 0 Å². The highest BCUT2D eigenvalue weighted by atomic mass is 16.2. The number of carbonyl (C=O) groups excluding carboxylic acids is 1. The number of hydrogen-bond acceptors (Lipinski definition) is 2. The summed E-state index contributed by atoms with van der Waals surface area (Å²) in [4.78, 5) is 12.0. The molecule has 1 amide bonds. The average molecular weight is 221 g/mol. The number of nitrogens with zero attached hydrogens (tertiary/aromatic N) is 1. The Labute approximate surface area is 96.0 Å². The van der Waals surface area contributed by atoms with Gasteiger partial charge in [0.05, 0.1) is 6.04 Å². The smallest absolute Gasteiger partial charge is 0.255 e. The van der Waals surface area contributed by atoms with Crippen LogP contribution in [0, 0.1) is 13.8 Å². The summed E-state index contributed by atoms with van der Waals surface area (Å²) in [6.45, 7) is 4.92. The fourth-order valence-electron chi connectivity index (χ4n) is 2.11. The number of amides is 1. The molecule has 0 radical (unpaired) electrons. The third kappa shape index (κ3) is 2.27. The van der Waals surface area contributed by atoms with E-state index in [0.717, 1.165) is 30.8 Å². The Morgan fingerprint density at radius 1 is 1.38 bits per heavy atom. The lowest BCUT2D eigenvalue weighted by atomic mass is 10.0. The standard InChI is InChI=1S/C12H19N3O/c1-9-6-7-10(2)15(9)14-12(16)11-5-3-4-8-13-11/h6-7,11,13H,3-5,8H2,1-2H3,(H,14,16)/t11-/m1/s1. The summed E-state index contributed by atoms with van der Waals surface area (Å²) in [6.07, 6.45) is 3.24. The fraction of sp³-hybridized carbons (Fsp3) is 0.583. The molecule has 2 N–H and O–H groups in total. The van der Waals surface area contributed by atoms with Crippen LogP contribution in [-0.4, -0.2) is 23.2 Å². The van der Waals surface area contributed by atoms with E-state index in [4.69, 9.17) is 0 Å². The van der Waals surface area contributed by atoms with Crippen LogP contribution in [0.5, 0.6) is 0 Å². The summed E-state index contributed by atoms with van der Waals surface area (Å²) in [6, 6.07) is 3.98. The van der Waals surface area contributed by atoms with Crippen LogP contribution in [0.2, 0.25) is 0 Å². The number of hydrogen-bond donors (Lipinski definition) is 2. The Hall–Kier alpha value is -1.29. The zero-order valence-corrected chi connectivity index (χ0v) is 9.92. The minimum absolute atomic E-state index is 0.0325. The Balaban J connectivity index is 2.01. The third-order valence-corrected chi connectivity index (χ3v) is 3.12. The Morgan fingerprint density at radius 2 is 2.06 bits per heavy atom. The molecule has 16 heavy (non-hydrogen) atoms. The van der Waals surface area contributed by atoms with Crippen molar-refractivity contribution in [1.82, 2.24) is 9.99 Å². The lowest BCUT2D eigenvalue weighted by Gasteiger charge is -2.23. The first-order chi connectivity index (χ1) is 7.68. The second-order valence-corrected chi connectivity index (χ2v) is 4.43. The molecular formula is C12H19N3O. The van der Waals surface area contributed by atoms with Crippen LogP contribution < -0.4 is 10.7 Å². The van der Waals surface area contributed by atoms with E-state index < -0.39 is 0 Å². The van der Waals surface area contributed by atoms with Crippen molar-refractivity contribution < 1.29 is 4.79 Å². The van der Waals surface area contributed by atoms with Crippen LogP contribution in [-0.2, 0) is 4.79 Å². The zero-order chi connectivity index (χ0) is 11.5. The molecule has 4 nitrogen and oxygen atoms in total. The van der Waals surface area contributed by atoms with E-state index in [1.54, 1.807) is 0 Å². The molecule has 2 rings (SSSR count). The first kappa shape index (κ1) is 11.2. The number of carbonyl (C=O) groups is 1. The molecule has 0 spiro atoms. The largest absolute Gasteiger partial charge is 0.306 e. The Bertz CT molecular complexity index is 358. The van der Waals surface area contributed by atoms with E-state index in [2.05, 4.69) is 10.7 Å². The van der Waals surface area contributed by atoms with Gasteiger partial charge in [-0.25, -0.2) is 0 Å². The van der Waals surface area contributed by atoms with E-state index in [0.29, 0.717) is 0 Å². The van der Waals surface area contributed by atoms with Crippen LogP contribution in [0.4, 0.5) is 0 Å². The Kier molecular flexibility index (Phi) is 3.29. The van der Waals surface area contributed by atoms with E-state index in [9.17, 15) is 4.79 Å². The summed E-state index contributed by atoms with van der Waals surface area (Å²) < 4.78 is 1.85. The van der Waals surface area contributed by atoms with Crippen LogP contribution in [0.25, 0.3) is 0 Å². The van der Waals surface area contributed by atoms with Gasteiger partial charge in [0.25, 0.3) is 5.91 Å². The normalized spacial score (nSPS) is 20.8. The second kappa shape index (κ2) is 4.70. The average Bonchev–Trinajstić information content (AvgIpc) is 2.62. The molecule has 4 heteroatoms. The highest BCUT2D eigenvalue weighted by molar-refractivity contribution is 5.89. The molecule has 1 saturated heterocycles. The van der Waals surface area contributed by atoms with Crippen LogP contribution in [0.3, 0.4) is 0 Å². The lowest BCUT2D eigenvalue weighted by molar-refractivity contribution is -0.119. The maximum absolute atomic E-state index is 12.0. The first-order valence-electron chi connectivity index (χ1n) is 5.87. The molecule has 1 fully saturated rings. The number of rotatable bonds is 2. The van der Waals surface area contributed by atoms with Crippen LogP contribution in [0.1, 0.15) is 30.7 Å². The van der Waals surface area contributed by atoms with Gasteiger partial charge in [-0.1, -0.05) is 6.42 Å². The van der Waals surface area contributed by atoms with E-state index in [1.165, 1.54) is 6.42 Å². The van der Waals surface area contributed by atoms with Crippen molar-refractivity contribution in [2.75, 3.05) is 12.0 Å². The van der Waals surface area contributed by atoms with E-state index in [-0.39, 0.29) is 11.9 Å². The van der Waals surface area contributed by atoms with Gasteiger partial charge in [-0.05, 0) is 45.4 Å². The van der Waals surface area contributed by atoms with Gasteiger partial charge in [0.15, 0.2) is 0 Å². The summed E-state index contributed by atoms with van der Waals surface area (Å²) in [7, 11) is 0. The third-order valence-electron chi connectivity index (χ3n) is 3.12. The molecule has 0 aliphatic carbocycles. The van der Waals surface area contributed by atoms with E-state index >= 15 is 0 Å². The minimum Gasteiger partial charge on any atom is -0.306 e. The van der Waals surface area contributed by atoms with Crippen molar-refractivity contribution >= 4 is 5.91 Å². The van der Waals surface area contributed by atoms with Gasteiger partial charge in [-0.15, -0.1) is 0 Å². The minimum atomic E-state index is -0.0325. The van der Waals surface area contributed by atoms with E-state index in [1.807, 2.05) is 30.7 Å². The summed E-state index contributed by atoms with van der Waals surface area (Å²) in [5.41, 5.74) is 5.06. The van der Waals surface area contributed by atoms with Gasteiger partial charge in [0.1, 0.15) is 0 Å². The van der Waals surface area contributed by atoms with Crippen molar-refractivity contribution in [3.8, 4) is 0 Å². The summed E-state index contributed by atoms with van der Waals surface area (Å²) >= 11 is 0. The highest BCUT2D eigenvalue weighted by Gasteiger charge is 2.20. The highest BCUT2D eigenvalue weighted by Crippen LogP contribution is 2.09. The molecule has 0 bridgehead atoms. The van der Waals surface area contributed by atoms with Crippen molar-refractivity contribution in [3.63, 3.8) is 0 Å². The monoisotopic (exact) mass is 221 g/mol.